The summed E-state index contributed by atoms with van der Waals surface area (Å²) in [6, 6.07) is 2.81. The molecule has 0 bridgehead atoms. The Bertz CT molecular complexity index is 699. The molecular formula is C17H20FNO3. The number of carboxylic acids is 1. The molecule has 1 aromatic heterocycles. The van der Waals surface area contributed by atoms with Crippen LogP contribution in [0, 0.1) is 12.7 Å². The predicted octanol–water partition coefficient (Wildman–Crippen LogP) is 3.95. The number of hydrogen-bond donors (Lipinski definition) is 1. The summed E-state index contributed by atoms with van der Waals surface area (Å²) >= 11 is 0. The van der Waals surface area contributed by atoms with Crippen molar-refractivity contribution >= 4 is 16.9 Å². The fourth-order valence-corrected chi connectivity index (χ4v) is 3.21. The third-order valence-electron chi connectivity index (χ3n) is 4.37. The van der Waals surface area contributed by atoms with Crippen LogP contribution in [0.3, 0.4) is 0 Å². The molecule has 5 heteroatoms. The number of likely N-dealkylation sites (tertiary alicyclic amines) is 1. The van der Waals surface area contributed by atoms with E-state index < -0.39 is 5.97 Å². The van der Waals surface area contributed by atoms with Crippen LogP contribution < -0.4 is 0 Å². The molecule has 1 fully saturated rings. The highest BCUT2D eigenvalue weighted by Gasteiger charge is 2.21. The maximum Gasteiger partial charge on any atom is 0.372 e. The molecule has 1 N–H and O–H groups in total. The monoisotopic (exact) mass is 305 g/mol. The number of benzene rings is 1. The first kappa shape index (κ1) is 15.0. The van der Waals surface area contributed by atoms with Gasteiger partial charge in [0.1, 0.15) is 11.4 Å². The van der Waals surface area contributed by atoms with E-state index in [2.05, 4.69) is 4.90 Å². The first-order valence-corrected chi connectivity index (χ1v) is 7.73. The van der Waals surface area contributed by atoms with Gasteiger partial charge in [-0.05, 0) is 45.0 Å². The largest absolute Gasteiger partial charge is 0.475 e. The molecule has 0 atom stereocenters. The average Bonchev–Trinajstić information content (AvgIpc) is 2.64. The number of carbonyl (C=O) groups is 1. The standard InChI is InChI=1S/C17H20FNO3/c1-11-14-9-13(18)8-12(16(14)22-15(11)17(20)21)10-19-6-4-2-3-5-7-19/h8-9H,2-7,10H2,1H3,(H,20,21). The molecule has 0 spiro atoms. The van der Waals surface area contributed by atoms with Crippen LogP contribution in [0.4, 0.5) is 4.39 Å². The van der Waals surface area contributed by atoms with Crippen LogP contribution in [0.15, 0.2) is 16.5 Å². The van der Waals surface area contributed by atoms with Gasteiger partial charge in [0.15, 0.2) is 0 Å². The summed E-state index contributed by atoms with van der Waals surface area (Å²) in [7, 11) is 0. The summed E-state index contributed by atoms with van der Waals surface area (Å²) in [5, 5.41) is 9.75. The van der Waals surface area contributed by atoms with E-state index in [-0.39, 0.29) is 11.6 Å². The van der Waals surface area contributed by atoms with Gasteiger partial charge in [-0.2, -0.15) is 0 Å². The van der Waals surface area contributed by atoms with Gasteiger partial charge in [0, 0.05) is 23.1 Å². The first-order valence-electron chi connectivity index (χ1n) is 7.73. The Balaban J connectivity index is 2.00. The lowest BCUT2D eigenvalue weighted by atomic mass is 10.1. The zero-order valence-corrected chi connectivity index (χ0v) is 12.7. The van der Waals surface area contributed by atoms with E-state index >= 15 is 0 Å². The number of rotatable bonds is 3. The summed E-state index contributed by atoms with van der Waals surface area (Å²) < 4.78 is 19.4. The van der Waals surface area contributed by atoms with E-state index in [0.29, 0.717) is 23.1 Å². The van der Waals surface area contributed by atoms with Crippen molar-refractivity contribution in [1.82, 2.24) is 4.90 Å². The molecule has 0 aliphatic carbocycles. The second-order valence-electron chi connectivity index (χ2n) is 5.99. The van der Waals surface area contributed by atoms with E-state index in [0.717, 1.165) is 31.5 Å². The van der Waals surface area contributed by atoms with Crippen molar-refractivity contribution in [3.63, 3.8) is 0 Å². The number of nitrogens with zero attached hydrogens (tertiary/aromatic N) is 1. The minimum absolute atomic E-state index is 0.0993. The van der Waals surface area contributed by atoms with Crippen molar-refractivity contribution in [2.75, 3.05) is 13.1 Å². The van der Waals surface area contributed by atoms with E-state index in [1.807, 2.05) is 0 Å². The van der Waals surface area contributed by atoms with Crippen LogP contribution in [-0.2, 0) is 6.54 Å². The Kier molecular flexibility index (Phi) is 4.16. The Morgan fingerprint density at radius 1 is 1.27 bits per heavy atom. The summed E-state index contributed by atoms with van der Waals surface area (Å²) in [6.07, 6.45) is 4.77. The highest BCUT2D eigenvalue weighted by molar-refractivity contribution is 5.95. The molecule has 118 valence electrons. The smallest absolute Gasteiger partial charge is 0.372 e. The molecule has 1 saturated heterocycles. The van der Waals surface area contributed by atoms with Crippen molar-refractivity contribution in [3.8, 4) is 0 Å². The van der Waals surface area contributed by atoms with Gasteiger partial charge in [0.2, 0.25) is 5.76 Å². The summed E-state index contributed by atoms with van der Waals surface area (Å²) in [5.41, 5.74) is 1.71. The number of furan rings is 1. The Morgan fingerprint density at radius 3 is 2.59 bits per heavy atom. The SMILES string of the molecule is Cc1c(C(=O)O)oc2c(CN3CCCCCC3)cc(F)cc12. The lowest BCUT2D eigenvalue weighted by molar-refractivity contribution is 0.0664. The number of fused-ring (bicyclic) bond motifs is 1. The van der Waals surface area contributed by atoms with E-state index in [1.54, 1.807) is 6.92 Å². The second-order valence-corrected chi connectivity index (χ2v) is 5.99. The normalized spacial score (nSPS) is 16.8. The molecule has 2 aromatic rings. The van der Waals surface area contributed by atoms with Crippen LogP contribution in [0.5, 0.6) is 0 Å². The van der Waals surface area contributed by atoms with Gasteiger partial charge in [-0.3, -0.25) is 4.90 Å². The quantitative estimate of drug-likeness (QED) is 0.932. The van der Waals surface area contributed by atoms with Gasteiger partial charge in [-0.1, -0.05) is 12.8 Å². The minimum Gasteiger partial charge on any atom is -0.475 e. The number of aryl methyl sites for hydroxylation is 1. The summed E-state index contributed by atoms with van der Waals surface area (Å²) in [6.45, 7) is 4.23. The number of carboxylic acid groups (broad SMARTS) is 1. The maximum atomic E-state index is 13.9. The van der Waals surface area contributed by atoms with Crippen molar-refractivity contribution in [2.24, 2.45) is 0 Å². The Hall–Kier alpha value is -1.88. The maximum absolute atomic E-state index is 13.9. The summed E-state index contributed by atoms with van der Waals surface area (Å²) in [4.78, 5) is 13.5. The highest BCUT2D eigenvalue weighted by Crippen LogP contribution is 2.30. The molecule has 0 amide bonds. The van der Waals surface area contributed by atoms with Gasteiger partial charge in [0.25, 0.3) is 0 Å². The van der Waals surface area contributed by atoms with E-state index in [9.17, 15) is 14.3 Å². The molecule has 0 saturated carbocycles. The second kappa shape index (κ2) is 6.08. The first-order chi connectivity index (χ1) is 10.6. The average molecular weight is 305 g/mol. The molecular weight excluding hydrogens is 285 g/mol. The molecule has 3 rings (SSSR count). The third-order valence-corrected chi connectivity index (χ3v) is 4.37. The molecule has 1 aliphatic rings. The van der Waals surface area contributed by atoms with Gasteiger partial charge >= 0.3 is 5.97 Å². The fourth-order valence-electron chi connectivity index (χ4n) is 3.21. The lowest BCUT2D eigenvalue weighted by Gasteiger charge is -2.19. The Labute approximate surface area is 128 Å². The van der Waals surface area contributed by atoms with Gasteiger partial charge in [0.05, 0.1) is 0 Å². The molecule has 22 heavy (non-hydrogen) atoms. The highest BCUT2D eigenvalue weighted by atomic mass is 19.1. The fraction of sp³-hybridized carbons (Fsp3) is 0.471. The molecule has 2 heterocycles. The van der Waals surface area contributed by atoms with Crippen LogP contribution in [0.25, 0.3) is 11.0 Å². The zero-order valence-electron chi connectivity index (χ0n) is 12.7. The van der Waals surface area contributed by atoms with Crippen molar-refractivity contribution in [3.05, 3.63) is 34.8 Å². The van der Waals surface area contributed by atoms with Gasteiger partial charge in [-0.25, -0.2) is 9.18 Å². The van der Waals surface area contributed by atoms with Gasteiger partial charge < -0.3 is 9.52 Å². The minimum atomic E-state index is -1.12. The topological polar surface area (TPSA) is 53.7 Å². The lowest BCUT2D eigenvalue weighted by Crippen LogP contribution is -2.24. The third kappa shape index (κ3) is 2.86. The number of aromatic carboxylic acids is 1. The van der Waals surface area contributed by atoms with E-state index in [1.165, 1.54) is 25.0 Å². The van der Waals surface area contributed by atoms with Crippen molar-refractivity contribution < 1.29 is 18.7 Å². The van der Waals surface area contributed by atoms with Gasteiger partial charge in [-0.15, -0.1) is 0 Å². The number of halogens is 1. The molecule has 1 aliphatic heterocycles. The molecule has 1 aromatic carbocycles. The van der Waals surface area contributed by atoms with E-state index in [4.69, 9.17) is 4.42 Å². The molecule has 0 unspecified atom stereocenters. The van der Waals surface area contributed by atoms with Crippen molar-refractivity contribution in [2.45, 2.75) is 39.2 Å². The summed E-state index contributed by atoms with van der Waals surface area (Å²) in [5.74, 6) is -1.56. The van der Waals surface area contributed by atoms with Crippen LogP contribution in [0.2, 0.25) is 0 Å². The number of hydrogen-bond acceptors (Lipinski definition) is 3. The molecule has 4 nitrogen and oxygen atoms in total. The van der Waals surface area contributed by atoms with Crippen LogP contribution >= 0.6 is 0 Å². The predicted molar refractivity (Wildman–Crippen MR) is 81.6 cm³/mol. The van der Waals surface area contributed by atoms with Crippen LogP contribution in [-0.4, -0.2) is 29.1 Å². The Morgan fingerprint density at radius 2 is 1.95 bits per heavy atom. The zero-order chi connectivity index (χ0) is 15.7. The van der Waals surface area contributed by atoms with Crippen LogP contribution in [0.1, 0.15) is 47.4 Å². The van der Waals surface area contributed by atoms with Crippen molar-refractivity contribution in [1.29, 1.82) is 0 Å². The molecule has 0 radical (unpaired) electrons.